The van der Waals surface area contributed by atoms with Crippen molar-refractivity contribution in [3.8, 4) is 0 Å². The highest BCUT2D eigenvalue weighted by atomic mass is 32.1. The van der Waals surface area contributed by atoms with Crippen LogP contribution in [0.25, 0.3) is 10.2 Å². The van der Waals surface area contributed by atoms with Gasteiger partial charge in [-0.15, -0.1) is 11.3 Å². The molecule has 152 valence electrons. The lowest BCUT2D eigenvalue weighted by Crippen LogP contribution is -2.29. The summed E-state index contributed by atoms with van der Waals surface area (Å²) < 4.78 is 7.01. The molecule has 1 fully saturated rings. The Hall–Kier alpha value is -1.69. The molecule has 2 aliphatic carbocycles. The Morgan fingerprint density at radius 3 is 2.71 bits per heavy atom. The molecule has 2 aliphatic rings. The number of hydrogen-bond donors (Lipinski definition) is 0. The summed E-state index contributed by atoms with van der Waals surface area (Å²) in [7, 11) is 0. The van der Waals surface area contributed by atoms with Crippen molar-refractivity contribution < 1.29 is 9.53 Å². The van der Waals surface area contributed by atoms with Gasteiger partial charge in [-0.05, 0) is 61.8 Å². The predicted molar refractivity (Wildman–Crippen MR) is 112 cm³/mol. The quantitative estimate of drug-likeness (QED) is 0.710. The van der Waals surface area contributed by atoms with Crippen LogP contribution in [0.4, 0.5) is 0 Å². The Labute approximate surface area is 170 Å². The van der Waals surface area contributed by atoms with Crippen molar-refractivity contribution in [1.29, 1.82) is 0 Å². The molecule has 1 atom stereocenters. The Morgan fingerprint density at radius 2 is 2.00 bits per heavy atom. The van der Waals surface area contributed by atoms with Crippen LogP contribution >= 0.6 is 11.3 Å². The molecule has 0 saturated heterocycles. The highest BCUT2D eigenvalue weighted by Crippen LogP contribution is 2.41. The average Bonchev–Trinajstić information content (AvgIpc) is 3.02. The Kier molecular flexibility index (Phi) is 5.34. The largest absolute Gasteiger partial charge is 0.461 e. The molecule has 2 aromatic rings. The summed E-state index contributed by atoms with van der Waals surface area (Å²) in [6.45, 7) is 6.82. The molecule has 0 N–H and O–H groups in total. The molecule has 0 bridgehead atoms. The van der Waals surface area contributed by atoms with Gasteiger partial charge in [0.2, 0.25) is 0 Å². The van der Waals surface area contributed by atoms with E-state index in [2.05, 4.69) is 25.8 Å². The van der Waals surface area contributed by atoms with E-state index in [1.165, 1.54) is 22.2 Å². The topological polar surface area (TPSA) is 61.2 Å². The highest BCUT2D eigenvalue weighted by molar-refractivity contribution is 7.18. The lowest BCUT2D eigenvalue weighted by molar-refractivity contribution is -0.151. The van der Waals surface area contributed by atoms with E-state index in [1.807, 2.05) is 0 Å². The number of fused-ring (bicyclic) bond motifs is 3. The fourth-order valence-corrected chi connectivity index (χ4v) is 5.86. The van der Waals surface area contributed by atoms with E-state index < -0.39 is 0 Å². The van der Waals surface area contributed by atoms with Crippen molar-refractivity contribution >= 4 is 27.5 Å². The summed E-state index contributed by atoms with van der Waals surface area (Å²) >= 11 is 1.65. The molecule has 6 heteroatoms. The first kappa shape index (κ1) is 19.6. The van der Waals surface area contributed by atoms with Crippen molar-refractivity contribution in [3.63, 3.8) is 0 Å². The number of rotatable bonds is 3. The number of aryl methyl sites for hydroxylation is 1. The smallest absolute Gasteiger partial charge is 0.326 e. The van der Waals surface area contributed by atoms with Gasteiger partial charge in [0.15, 0.2) is 0 Å². The number of ether oxygens (including phenoxy) is 1. The van der Waals surface area contributed by atoms with Gasteiger partial charge in [-0.2, -0.15) is 0 Å². The SMILES string of the molecule is CC(C)(C)C1CCc2c(sc3ncn(CC(=O)OC4CCCCC4)c(=O)c23)C1. The third-order valence-corrected chi connectivity index (χ3v) is 7.57. The van der Waals surface area contributed by atoms with Gasteiger partial charge in [-0.3, -0.25) is 14.2 Å². The van der Waals surface area contributed by atoms with E-state index in [-0.39, 0.29) is 29.6 Å². The summed E-state index contributed by atoms with van der Waals surface area (Å²) in [5.74, 6) is 0.299. The molecule has 0 aliphatic heterocycles. The molecule has 0 spiro atoms. The monoisotopic (exact) mass is 402 g/mol. The molecule has 5 nitrogen and oxygen atoms in total. The number of nitrogens with zero attached hydrogens (tertiary/aromatic N) is 2. The van der Waals surface area contributed by atoms with Gasteiger partial charge >= 0.3 is 5.97 Å². The van der Waals surface area contributed by atoms with E-state index in [1.54, 1.807) is 11.3 Å². The van der Waals surface area contributed by atoms with Gasteiger partial charge < -0.3 is 4.74 Å². The zero-order chi connectivity index (χ0) is 19.9. The van der Waals surface area contributed by atoms with Crippen LogP contribution in [0.1, 0.15) is 69.7 Å². The lowest BCUT2D eigenvalue weighted by atomic mass is 9.72. The molecule has 0 aromatic carbocycles. The fourth-order valence-electron chi connectivity index (χ4n) is 4.60. The average molecular weight is 403 g/mol. The minimum Gasteiger partial charge on any atom is -0.461 e. The number of carbonyl (C=O) groups excluding carboxylic acids is 1. The minimum absolute atomic E-state index is 0.0110. The summed E-state index contributed by atoms with van der Waals surface area (Å²) in [6.07, 6.45) is 9.87. The molecule has 0 radical (unpaired) electrons. The fraction of sp³-hybridized carbons (Fsp3) is 0.682. The van der Waals surface area contributed by atoms with Crippen LogP contribution in [0, 0.1) is 11.3 Å². The van der Waals surface area contributed by atoms with Crippen LogP contribution in [0.3, 0.4) is 0 Å². The first-order valence-corrected chi connectivity index (χ1v) is 11.3. The van der Waals surface area contributed by atoms with Gasteiger partial charge in [-0.1, -0.05) is 27.2 Å². The Bertz CT molecular complexity index is 932. The molecule has 1 unspecified atom stereocenters. The highest BCUT2D eigenvalue weighted by Gasteiger charge is 2.31. The number of carbonyl (C=O) groups is 1. The zero-order valence-corrected chi connectivity index (χ0v) is 17.9. The molecular weight excluding hydrogens is 372 g/mol. The molecule has 2 aromatic heterocycles. The lowest BCUT2D eigenvalue weighted by Gasteiger charge is -2.33. The Balaban J connectivity index is 1.56. The van der Waals surface area contributed by atoms with Gasteiger partial charge in [-0.25, -0.2) is 4.98 Å². The summed E-state index contributed by atoms with van der Waals surface area (Å²) in [6, 6.07) is 0. The normalized spacial score (nSPS) is 20.9. The van der Waals surface area contributed by atoms with Gasteiger partial charge in [0, 0.05) is 4.88 Å². The van der Waals surface area contributed by atoms with Crippen LogP contribution < -0.4 is 5.56 Å². The summed E-state index contributed by atoms with van der Waals surface area (Å²) in [5, 5.41) is 0.723. The van der Waals surface area contributed by atoms with Crippen LogP contribution in [0.2, 0.25) is 0 Å². The standard InChI is InChI=1S/C22H30N2O3S/c1-22(2,3)14-9-10-16-17(11-14)28-20-19(16)21(26)24(13-23-20)12-18(25)27-15-7-5-4-6-8-15/h13-15H,4-12H2,1-3H3. The third-order valence-electron chi connectivity index (χ3n) is 6.41. The van der Waals surface area contributed by atoms with E-state index in [4.69, 9.17) is 4.74 Å². The van der Waals surface area contributed by atoms with Crippen LogP contribution in [-0.2, 0) is 28.9 Å². The maximum absolute atomic E-state index is 13.1. The van der Waals surface area contributed by atoms with Gasteiger partial charge in [0.05, 0.1) is 11.7 Å². The molecule has 28 heavy (non-hydrogen) atoms. The maximum atomic E-state index is 13.1. The van der Waals surface area contributed by atoms with Crippen LogP contribution in [-0.4, -0.2) is 21.6 Å². The second-order valence-corrected chi connectivity index (χ2v) is 10.5. The van der Waals surface area contributed by atoms with Crippen molar-refractivity contribution in [2.45, 2.75) is 84.8 Å². The number of thiophene rings is 1. The molecule has 4 rings (SSSR count). The second-order valence-electron chi connectivity index (χ2n) is 9.42. The van der Waals surface area contributed by atoms with E-state index in [0.29, 0.717) is 5.92 Å². The molecular formula is C22H30N2O3S. The van der Waals surface area contributed by atoms with Crippen molar-refractivity contribution in [1.82, 2.24) is 9.55 Å². The minimum atomic E-state index is -0.327. The van der Waals surface area contributed by atoms with Crippen LogP contribution in [0.15, 0.2) is 11.1 Å². The second kappa shape index (κ2) is 7.62. The number of esters is 1. The Morgan fingerprint density at radius 1 is 1.25 bits per heavy atom. The van der Waals surface area contributed by atoms with Crippen molar-refractivity contribution in [3.05, 3.63) is 27.1 Å². The van der Waals surface area contributed by atoms with Crippen molar-refractivity contribution in [2.24, 2.45) is 11.3 Å². The summed E-state index contributed by atoms with van der Waals surface area (Å²) in [5.41, 5.74) is 1.33. The zero-order valence-electron chi connectivity index (χ0n) is 17.1. The molecule has 1 saturated carbocycles. The maximum Gasteiger partial charge on any atom is 0.326 e. The number of hydrogen-bond acceptors (Lipinski definition) is 5. The van der Waals surface area contributed by atoms with E-state index in [9.17, 15) is 9.59 Å². The summed E-state index contributed by atoms with van der Waals surface area (Å²) in [4.78, 5) is 32.0. The predicted octanol–water partition coefficient (Wildman–Crippen LogP) is 4.48. The van der Waals surface area contributed by atoms with Crippen molar-refractivity contribution in [2.75, 3.05) is 0 Å². The molecule has 2 heterocycles. The molecule has 0 amide bonds. The van der Waals surface area contributed by atoms with E-state index >= 15 is 0 Å². The van der Waals surface area contributed by atoms with Crippen LogP contribution in [0.5, 0.6) is 0 Å². The first-order valence-electron chi connectivity index (χ1n) is 10.5. The third kappa shape index (κ3) is 3.88. The van der Waals surface area contributed by atoms with E-state index in [0.717, 1.165) is 60.7 Å². The van der Waals surface area contributed by atoms with Gasteiger partial charge in [0.1, 0.15) is 17.5 Å². The van der Waals surface area contributed by atoms with Gasteiger partial charge in [0.25, 0.3) is 5.56 Å². The number of aromatic nitrogens is 2. The first-order chi connectivity index (χ1) is 13.3.